The van der Waals surface area contributed by atoms with Crippen molar-refractivity contribution in [1.29, 1.82) is 0 Å². The van der Waals surface area contributed by atoms with E-state index in [0.717, 1.165) is 11.1 Å². The predicted octanol–water partition coefficient (Wildman–Crippen LogP) is 5.58. The zero-order valence-corrected chi connectivity index (χ0v) is 12.1. The fourth-order valence-corrected chi connectivity index (χ4v) is 2.05. The van der Waals surface area contributed by atoms with E-state index in [1.807, 2.05) is 20.8 Å². The van der Waals surface area contributed by atoms with E-state index in [1.165, 1.54) is 12.1 Å². The zero-order chi connectivity index (χ0) is 14.6. The van der Waals surface area contributed by atoms with Gasteiger partial charge < -0.3 is 0 Å². The number of hydrogen-bond acceptors (Lipinski definition) is 0. The lowest BCUT2D eigenvalue weighted by atomic mass is 9.98. The van der Waals surface area contributed by atoms with Crippen LogP contribution < -0.4 is 0 Å². The standard InChI is InChI=1S/C15H14F2.C2H6/c1-9-4-11(3)15(17)14(7-9)12-5-10(2)6-13(16)8-12;1-2/h4-8H,1-3H3;1-2H3. The maximum atomic E-state index is 14.0. The van der Waals surface area contributed by atoms with Gasteiger partial charge in [-0.1, -0.05) is 31.5 Å². The second-order valence-corrected chi connectivity index (χ2v) is 4.46. The molecule has 0 aliphatic carbocycles. The molecule has 0 spiro atoms. The normalized spacial score (nSPS) is 9.84. The van der Waals surface area contributed by atoms with Gasteiger partial charge in [-0.2, -0.15) is 0 Å². The molecule has 0 aromatic heterocycles. The van der Waals surface area contributed by atoms with E-state index in [0.29, 0.717) is 16.7 Å². The monoisotopic (exact) mass is 262 g/mol. The van der Waals surface area contributed by atoms with Crippen molar-refractivity contribution in [2.24, 2.45) is 0 Å². The van der Waals surface area contributed by atoms with Crippen molar-refractivity contribution in [2.75, 3.05) is 0 Å². The highest BCUT2D eigenvalue weighted by Crippen LogP contribution is 2.27. The van der Waals surface area contributed by atoms with Crippen molar-refractivity contribution in [1.82, 2.24) is 0 Å². The van der Waals surface area contributed by atoms with Crippen LogP contribution in [0.15, 0.2) is 30.3 Å². The molecule has 0 saturated carbocycles. The van der Waals surface area contributed by atoms with E-state index in [1.54, 1.807) is 32.0 Å². The summed E-state index contributed by atoms with van der Waals surface area (Å²) in [6.45, 7) is 9.42. The topological polar surface area (TPSA) is 0 Å². The molecule has 0 aliphatic rings. The van der Waals surface area contributed by atoms with Gasteiger partial charge in [0.1, 0.15) is 11.6 Å². The first-order chi connectivity index (χ1) is 8.97. The summed E-state index contributed by atoms with van der Waals surface area (Å²) in [7, 11) is 0. The lowest BCUT2D eigenvalue weighted by Gasteiger charge is -2.09. The molecule has 0 nitrogen and oxygen atoms in total. The highest BCUT2D eigenvalue weighted by Gasteiger charge is 2.10. The fraction of sp³-hybridized carbons (Fsp3) is 0.294. The van der Waals surface area contributed by atoms with Gasteiger partial charge >= 0.3 is 0 Å². The first-order valence-corrected chi connectivity index (χ1v) is 6.51. The van der Waals surface area contributed by atoms with E-state index in [2.05, 4.69) is 0 Å². The SMILES string of the molecule is CC.Cc1cc(F)cc(-c2cc(C)cc(C)c2F)c1. The summed E-state index contributed by atoms with van der Waals surface area (Å²) in [6.07, 6.45) is 0. The number of aryl methyl sites for hydroxylation is 3. The molecular weight excluding hydrogens is 242 g/mol. The van der Waals surface area contributed by atoms with Crippen LogP contribution in [-0.4, -0.2) is 0 Å². The van der Waals surface area contributed by atoms with Crippen molar-refractivity contribution < 1.29 is 8.78 Å². The minimum absolute atomic E-state index is 0.277. The molecule has 2 aromatic carbocycles. The van der Waals surface area contributed by atoms with Gasteiger partial charge in [-0.15, -0.1) is 0 Å². The molecule has 0 amide bonds. The van der Waals surface area contributed by atoms with Gasteiger partial charge in [0.25, 0.3) is 0 Å². The molecule has 0 N–H and O–H groups in total. The summed E-state index contributed by atoms with van der Waals surface area (Å²) in [5.41, 5.74) is 3.40. The summed E-state index contributed by atoms with van der Waals surface area (Å²) in [5, 5.41) is 0. The lowest BCUT2D eigenvalue weighted by Crippen LogP contribution is -1.92. The van der Waals surface area contributed by atoms with E-state index in [4.69, 9.17) is 0 Å². The molecule has 0 bridgehead atoms. The molecule has 0 saturated heterocycles. The third kappa shape index (κ3) is 3.63. The third-order valence-electron chi connectivity index (χ3n) is 2.75. The maximum Gasteiger partial charge on any atom is 0.133 e. The fourth-order valence-electron chi connectivity index (χ4n) is 2.05. The molecule has 19 heavy (non-hydrogen) atoms. The second kappa shape index (κ2) is 6.46. The van der Waals surface area contributed by atoms with Crippen molar-refractivity contribution in [3.05, 3.63) is 58.7 Å². The van der Waals surface area contributed by atoms with Gasteiger partial charge in [0, 0.05) is 5.56 Å². The summed E-state index contributed by atoms with van der Waals surface area (Å²) in [4.78, 5) is 0. The Bertz CT molecular complexity index is 551. The Morgan fingerprint density at radius 1 is 0.737 bits per heavy atom. The number of benzene rings is 2. The molecular formula is C17H20F2. The number of halogens is 2. The molecule has 0 atom stereocenters. The lowest BCUT2D eigenvalue weighted by molar-refractivity contribution is 0.618. The molecule has 2 aromatic rings. The van der Waals surface area contributed by atoms with Crippen molar-refractivity contribution >= 4 is 0 Å². The smallest absolute Gasteiger partial charge is 0.133 e. The van der Waals surface area contributed by atoms with Gasteiger partial charge in [0.05, 0.1) is 0 Å². The van der Waals surface area contributed by atoms with Gasteiger partial charge in [-0.05, 0) is 55.7 Å². The van der Waals surface area contributed by atoms with Crippen LogP contribution in [0.5, 0.6) is 0 Å². The Balaban J connectivity index is 0.000000861. The van der Waals surface area contributed by atoms with Crippen LogP contribution in [0.2, 0.25) is 0 Å². The second-order valence-electron chi connectivity index (χ2n) is 4.46. The highest BCUT2D eigenvalue weighted by atomic mass is 19.1. The van der Waals surface area contributed by atoms with E-state index < -0.39 is 0 Å². The first kappa shape index (κ1) is 15.4. The average Bonchev–Trinajstić information content (AvgIpc) is 2.35. The third-order valence-corrected chi connectivity index (χ3v) is 2.75. The number of rotatable bonds is 1. The number of hydrogen-bond donors (Lipinski definition) is 0. The van der Waals surface area contributed by atoms with E-state index >= 15 is 0 Å². The highest BCUT2D eigenvalue weighted by molar-refractivity contribution is 5.66. The van der Waals surface area contributed by atoms with E-state index in [-0.39, 0.29) is 11.6 Å². The Labute approximate surface area is 114 Å². The first-order valence-electron chi connectivity index (χ1n) is 6.51. The Morgan fingerprint density at radius 3 is 1.89 bits per heavy atom. The molecule has 0 radical (unpaired) electrons. The Kier molecular flexibility index (Phi) is 5.22. The summed E-state index contributed by atoms with van der Waals surface area (Å²) in [6, 6.07) is 8.12. The maximum absolute atomic E-state index is 14.0. The zero-order valence-electron chi connectivity index (χ0n) is 12.1. The van der Waals surface area contributed by atoms with Crippen LogP contribution in [0.4, 0.5) is 8.78 Å². The average molecular weight is 262 g/mol. The van der Waals surface area contributed by atoms with Crippen molar-refractivity contribution in [2.45, 2.75) is 34.6 Å². The Hall–Kier alpha value is -1.70. The largest absolute Gasteiger partial charge is 0.207 e. The van der Waals surface area contributed by atoms with Crippen LogP contribution in [-0.2, 0) is 0 Å². The van der Waals surface area contributed by atoms with E-state index in [9.17, 15) is 8.78 Å². The minimum Gasteiger partial charge on any atom is -0.207 e. The van der Waals surface area contributed by atoms with Crippen molar-refractivity contribution in [3.8, 4) is 11.1 Å². The Morgan fingerprint density at radius 2 is 1.32 bits per heavy atom. The minimum atomic E-state index is -0.335. The summed E-state index contributed by atoms with van der Waals surface area (Å²) >= 11 is 0. The van der Waals surface area contributed by atoms with Crippen LogP contribution >= 0.6 is 0 Å². The summed E-state index contributed by atoms with van der Waals surface area (Å²) < 4.78 is 27.3. The molecule has 102 valence electrons. The van der Waals surface area contributed by atoms with Crippen LogP contribution in [0, 0.1) is 32.4 Å². The van der Waals surface area contributed by atoms with Crippen LogP contribution in [0.25, 0.3) is 11.1 Å². The molecule has 0 unspecified atom stereocenters. The predicted molar refractivity (Wildman–Crippen MR) is 77.4 cm³/mol. The molecule has 2 heteroatoms. The molecule has 0 aliphatic heterocycles. The van der Waals surface area contributed by atoms with Gasteiger partial charge in [0.2, 0.25) is 0 Å². The van der Waals surface area contributed by atoms with Crippen LogP contribution in [0.1, 0.15) is 30.5 Å². The summed E-state index contributed by atoms with van der Waals surface area (Å²) in [5.74, 6) is -0.612. The van der Waals surface area contributed by atoms with Gasteiger partial charge in [0.15, 0.2) is 0 Å². The van der Waals surface area contributed by atoms with Crippen LogP contribution in [0.3, 0.4) is 0 Å². The molecule has 0 fully saturated rings. The van der Waals surface area contributed by atoms with Gasteiger partial charge in [-0.25, -0.2) is 8.78 Å². The molecule has 0 heterocycles. The molecule has 2 rings (SSSR count). The van der Waals surface area contributed by atoms with Gasteiger partial charge in [-0.3, -0.25) is 0 Å². The quantitative estimate of drug-likeness (QED) is 0.629. The van der Waals surface area contributed by atoms with Crippen molar-refractivity contribution in [3.63, 3.8) is 0 Å².